The van der Waals surface area contributed by atoms with E-state index < -0.39 is 0 Å². The lowest BCUT2D eigenvalue weighted by atomic mass is 9.90. The summed E-state index contributed by atoms with van der Waals surface area (Å²) in [5, 5.41) is 0. The van der Waals surface area contributed by atoms with Gasteiger partial charge in [-0.15, -0.1) is 0 Å². The van der Waals surface area contributed by atoms with E-state index in [4.69, 9.17) is 9.47 Å². The fraction of sp³-hybridized carbons (Fsp3) is 0.400. The Kier molecular flexibility index (Phi) is 5.66. The van der Waals surface area contributed by atoms with Crippen molar-refractivity contribution in [3.05, 3.63) is 59.9 Å². The summed E-state index contributed by atoms with van der Waals surface area (Å²) < 4.78 is 10.6. The molecule has 1 aliphatic heterocycles. The maximum atomic E-state index is 12.8. The average Bonchev–Trinajstić information content (AvgIpc) is 3.07. The molecule has 1 aromatic carbocycles. The first-order chi connectivity index (χ1) is 12.2. The molecule has 25 heavy (non-hydrogen) atoms. The van der Waals surface area contributed by atoms with Gasteiger partial charge in [0, 0.05) is 44.4 Å². The Balaban J connectivity index is 1.70. The molecule has 5 nitrogen and oxygen atoms in total. The molecule has 0 radical (unpaired) electrons. The topological polar surface area (TPSA) is 51.7 Å². The quantitative estimate of drug-likeness (QED) is 0.811. The van der Waals surface area contributed by atoms with Crippen LogP contribution in [-0.2, 0) is 16.0 Å². The summed E-state index contributed by atoms with van der Waals surface area (Å²) >= 11 is 0. The lowest BCUT2D eigenvalue weighted by molar-refractivity contribution is -0.129. The molecular weight excluding hydrogens is 316 g/mol. The largest absolute Gasteiger partial charge is 0.497 e. The molecule has 3 rings (SSSR count). The number of hydrogen-bond donors (Lipinski definition) is 0. The van der Waals surface area contributed by atoms with Gasteiger partial charge < -0.3 is 14.4 Å². The van der Waals surface area contributed by atoms with Gasteiger partial charge in [-0.3, -0.25) is 9.78 Å². The summed E-state index contributed by atoms with van der Waals surface area (Å²) in [6.45, 7) is 2.10. The Morgan fingerprint density at radius 3 is 2.72 bits per heavy atom. The lowest BCUT2D eigenvalue weighted by Gasteiger charge is -2.17. The molecule has 0 N–H and O–H groups in total. The first-order valence-electron chi connectivity index (χ1n) is 8.51. The van der Waals surface area contributed by atoms with Crippen LogP contribution in [0.2, 0.25) is 0 Å². The fourth-order valence-corrected chi connectivity index (χ4v) is 3.51. The zero-order chi connectivity index (χ0) is 17.6. The summed E-state index contributed by atoms with van der Waals surface area (Å²) in [5.41, 5.74) is 2.19. The molecule has 0 spiro atoms. The predicted molar refractivity (Wildman–Crippen MR) is 95.6 cm³/mol. The molecule has 2 heterocycles. The van der Waals surface area contributed by atoms with Crippen LogP contribution in [0.15, 0.2) is 48.8 Å². The molecule has 1 saturated heterocycles. The second-order valence-electron chi connectivity index (χ2n) is 6.43. The van der Waals surface area contributed by atoms with Gasteiger partial charge in [-0.25, -0.2) is 0 Å². The molecule has 1 amide bonds. The SMILES string of the molecule is COC[C@@H]1CN(C(=O)Cc2cccc(OC)c2)C[C@H]1c1ccncc1. The summed E-state index contributed by atoms with van der Waals surface area (Å²) in [6.07, 6.45) is 4.00. The summed E-state index contributed by atoms with van der Waals surface area (Å²) in [6, 6.07) is 11.7. The molecule has 5 heteroatoms. The number of methoxy groups -OCH3 is 2. The molecule has 1 aliphatic rings. The van der Waals surface area contributed by atoms with E-state index in [0.717, 1.165) is 24.4 Å². The number of nitrogens with zero attached hydrogens (tertiary/aromatic N) is 2. The van der Waals surface area contributed by atoms with Crippen molar-refractivity contribution in [1.82, 2.24) is 9.88 Å². The molecule has 1 fully saturated rings. The highest BCUT2D eigenvalue weighted by Gasteiger charge is 2.35. The zero-order valence-corrected chi connectivity index (χ0v) is 14.7. The van der Waals surface area contributed by atoms with Crippen LogP contribution in [-0.4, -0.2) is 49.7 Å². The van der Waals surface area contributed by atoms with E-state index in [0.29, 0.717) is 18.9 Å². The third-order valence-corrected chi connectivity index (χ3v) is 4.80. The number of benzene rings is 1. The fourth-order valence-electron chi connectivity index (χ4n) is 3.51. The maximum Gasteiger partial charge on any atom is 0.227 e. The van der Waals surface area contributed by atoms with Crippen LogP contribution in [0.4, 0.5) is 0 Å². The van der Waals surface area contributed by atoms with E-state index >= 15 is 0 Å². The van der Waals surface area contributed by atoms with Gasteiger partial charge in [0.1, 0.15) is 5.75 Å². The first kappa shape index (κ1) is 17.4. The summed E-state index contributed by atoms with van der Waals surface area (Å²) in [4.78, 5) is 18.8. The van der Waals surface area contributed by atoms with Crippen molar-refractivity contribution in [1.29, 1.82) is 0 Å². The maximum absolute atomic E-state index is 12.8. The lowest BCUT2D eigenvalue weighted by Crippen LogP contribution is -2.30. The van der Waals surface area contributed by atoms with Crippen LogP contribution >= 0.6 is 0 Å². The van der Waals surface area contributed by atoms with Crippen LogP contribution < -0.4 is 4.74 Å². The van der Waals surface area contributed by atoms with Crippen LogP contribution in [0, 0.1) is 5.92 Å². The van der Waals surface area contributed by atoms with E-state index in [1.807, 2.05) is 41.3 Å². The Morgan fingerprint density at radius 1 is 1.20 bits per heavy atom. The Labute approximate surface area is 148 Å². The normalized spacial score (nSPS) is 19.8. The van der Waals surface area contributed by atoms with Crippen molar-refractivity contribution in [2.45, 2.75) is 12.3 Å². The number of rotatable bonds is 6. The molecule has 132 valence electrons. The second kappa shape index (κ2) is 8.12. The number of amides is 1. The minimum Gasteiger partial charge on any atom is -0.497 e. The van der Waals surface area contributed by atoms with Gasteiger partial charge in [0.25, 0.3) is 0 Å². The number of ether oxygens (including phenoxy) is 2. The van der Waals surface area contributed by atoms with Gasteiger partial charge in [-0.2, -0.15) is 0 Å². The van der Waals surface area contributed by atoms with Gasteiger partial charge >= 0.3 is 0 Å². The third-order valence-electron chi connectivity index (χ3n) is 4.80. The highest BCUT2D eigenvalue weighted by atomic mass is 16.5. The third kappa shape index (κ3) is 4.17. The number of hydrogen-bond acceptors (Lipinski definition) is 4. The Morgan fingerprint density at radius 2 is 2.00 bits per heavy atom. The highest BCUT2D eigenvalue weighted by molar-refractivity contribution is 5.79. The molecule has 1 aromatic heterocycles. The van der Waals surface area contributed by atoms with Crippen molar-refractivity contribution in [2.24, 2.45) is 5.92 Å². The minimum atomic E-state index is 0.144. The van der Waals surface area contributed by atoms with Crippen molar-refractivity contribution in [3.63, 3.8) is 0 Å². The van der Waals surface area contributed by atoms with Gasteiger partial charge in [-0.05, 0) is 35.4 Å². The smallest absolute Gasteiger partial charge is 0.227 e. The van der Waals surface area contributed by atoms with Crippen molar-refractivity contribution in [2.75, 3.05) is 33.9 Å². The van der Waals surface area contributed by atoms with Crippen LogP contribution in [0.25, 0.3) is 0 Å². The minimum absolute atomic E-state index is 0.144. The molecular formula is C20H24N2O3. The van der Waals surface area contributed by atoms with E-state index in [1.165, 1.54) is 5.56 Å². The number of aromatic nitrogens is 1. The average molecular weight is 340 g/mol. The summed E-state index contributed by atoms with van der Waals surface area (Å²) in [7, 11) is 3.35. The number of pyridine rings is 1. The van der Waals surface area contributed by atoms with E-state index in [9.17, 15) is 4.79 Å². The standard InChI is InChI=1S/C20H24N2O3/c1-24-14-17-12-22(13-19(17)16-6-8-21-9-7-16)20(23)11-15-4-3-5-18(10-15)25-2/h3-10,17,19H,11-14H2,1-2H3/t17-,19-/m0/s1. The molecule has 0 unspecified atom stereocenters. The molecule has 2 aromatic rings. The van der Waals surface area contributed by atoms with Gasteiger partial charge in [0.05, 0.1) is 20.1 Å². The summed E-state index contributed by atoms with van der Waals surface area (Å²) in [5.74, 6) is 1.52. The van der Waals surface area contributed by atoms with Crippen LogP contribution in [0.3, 0.4) is 0 Å². The van der Waals surface area contributed by atoms with Crippen molar-refractivity contribution in [3.8, 4) is 5.75 Å². The number of carbonyl (C=O) groups excluding carboxylic acids is 1. The highest BCUT2D eigenvalue weighted by Crippen LogP contribution is 2.33. The van der Waals surface area contributed by atoms with Crippen LogP contribution in [0.5, 0.6) is 5.75 Å². The Hall–Kier alpha value is -2.40. The van der Waals surface area contributed by atoms with Crippen molar-refractivity contribution >= 4 is 5.91 Å². The predicted octanol–water partition coefficient (Wildman–Crippen LogP) is 2.52. The van der Waals surface area contributed by atoms with Crippen LogP contribution in [0.1, 0.15) is 17.0 Å². The van der Waals surface area contributed by atoms with Gasteiger partial charge in [0.15, 0.2) is 0 Å². The second-order valence-corrected chi connectivity index (χ2v) is 6.43. The van der Waals surface area contributed by atoms with E-state index in [1.54, 1.807) is 26.6 Å². The molecule has 2 atom stereocenters. The molecule has 0 bridgehead atoms. The zero-order valence-electron chi connectivity index (χ0n) is 14.7. The number of likely N-dealkylation sites (tertiary alicyclic amines) is 1. The van der Waals surface area contributed by atoms with E-state index in [2.05, 4.69) is 4.98 Å². The molecule has 0 aliphatic carbocycles. The molecule has 0 saturated carbocycles. The van der Waals surface area contributed by atoms with Gasteiger partial charge in [0.2, 0.25) is 5.91 Å². The monoisotopic (exact) mass is 340 g/mol. The Bertz CT molecular complexity index is 705. The van der Waals surface area contributed by atoms with Gasteiger partial charge in [-0.1, -0.05) is 12.1 Å². The first-order valence-corrected chi connectivity index (χ1v) is 8.51. The number of carbonyl (C=O) groups is 1. The van der Waals surface area contributed by atoms with E-state index in [-0.39, 0.29) is 11.8 Å². The van der Waals surface area contributed by atoms with Crippen molar-refractivity contribution < 1.29 is 14.3 Å².